The van der Waals surface area contributed by atoms with Gasteiger partial charge in [0.2, 0.25) is 0 Å². The number of hydrogen-bond donors (Lipinski definition) is 1. The van der Waals surface area contributed by atoms with Crippen molar-refractivity contribution in [3.8, 4) is 0 Å². The highest BCUT2D eigenvalue weighted by Gasteiger charge is 2.35. The van der Waals surface area contributed by atoms with Crippen molar-refractivity contribution in [2.75, 3.05) is 13.1 Å². The van der Waals surface area contributed by atoms with E-state index in [2.05, 4.69) is 33.7 Å². The molecule has 20 heavy (non-hydrogen) atoms. The molecule has 3 nitrogen and oxygen atoms in total. The monoisotopic (exact) mass is 270 g/mol. The molecule has 2 aliphatic rings. The zero-order valence-electron chi connectivity index (χ0n) is 12.0. The molecular weight excluding hydrogens is 248 g/mol. The molecule has 4 rings (SSSR count). The highest BCUT2D eigenvalue weighted by Crippen LogP contribution is 2.42. The predicted molar refractivity (Wildman–Crippen MR) is 80.9 cm³/mol. The first-order chi connectivity index (χ1) is 9.75. The molecule has 0 radical (unpaired) electrons. The Morgan fingerprint density at radius 2 is 2.15 bits per heavy atom. The SMILES string of the molecule is CC(O)Cn1c2c(c3ccccc31)C1CCCN1CC2. The van der Waals surface area contributed by atoms with Crippen LogP contribution in [-0.2, 0) is 13.0 Å². The van der Waals surface area contributed by atoms with Crippen LogP contribution in [0.5, 0.6) is 0 Å². The standard InChI is InChI=1S/C17H22N2O/c1-12(20)11-19-14-6-3-2-5-13(14)17-15-7-4-9-18(15)10-8-16(17)19/h2-3,5-6,12,15,20H,4,7-11H2,1H3. The topological polar surface area (TPSA) is 28.4 Å². The van der Waals surface area contributed by atoms with Gasteiger partial charge in [-0.15, -0.1) is 0 Å². The maximum absolute atomic E-state index is 9.84. The van der Waals surface area contributed by atoms with E-state index >= 15 is 0 Å². The Hall–Kier alpha value is -1.32. The van der Waals surface area contributed by atoms with Gasteiger partial charge in [-0.25, -0.2) is 0 Å². The molecule has 2 aromatic rings. The van der Waals surface area contributed by atoms with E-state index in [0.29, 0.717) is 12.6 Å². The lowest BCUT2D eigenvalue weighted by atomic mass is 9.96. The molecule has 1 saturated heterocycles. The maximum Gasteiger partial charge on any atom is 0.0691 e. The van der Waals surface area contributed by atoms with Gasteiger partial charge in [0.15, 0.2) is 0 Å². The molecule has 2 atom stereocenters. The summed E-state index contributed by atoms with van der Waals surface area (Å²) in [6.45, 7) is 5.02. The van der Waals surface area contributed by atoms with Crippen molar-refractivity contribution in [1.29, 1.82) is 0 Å². The Morgan fingerprint density at radius 1 is 1.30 bits per heavy atom. The fourth-order valence-corrected chi connectivity index (χ4v) is 4.17. The van der Waals surface area contributed by atoms with Crippen LogP contribution in [0.2, 0.25) is 0 Å². The highest BCUT2D eigenvalue weighted by molar-refractivity contribution is 5.86. The van der Waals surface area contributed by atoms with Crippen LogP contribution < -0.4 is 0 Å². The van der Waals surface area contributed by atoms with E-state index in [1.807, 2.05) is 6.92 Å². The minimum absolute atomic E-state index is 0.295. The number of aliphatic hydroxyl groups excluding tert-OH is 1. The molecule has 0 bridgehead atoms. The first-order valence-corrected chi connectivity index (χ1v) is 7.78. The summed E-state index contributed by atoms with van der Waals surface area (Å²) in [5, 5.41) is 11.2. The number of fused-ring (bicyclic) bond motifs is 5. The van der Waals surface area contributed by atoms with E-state index in [0.717, 1.165) is 6.42 Å². The van der Waals surface area contributed by atoms with Gasteiger partial charge >= 0.3 is 0 Å². The third-order valence-electron chi connectivity index (χ3n) is 4.90. The average molecular weight is 270 g/mol. The molecule has 2 unspecified atom stereocenters. The molecule has 0 spiro atoms. The molecule has 0 saturated carbocycles. The molecule has 1 aromatic carbocycles. The molecule has 1 N–H and O–H groups in total. The van der Waals surface area contributed by atoms with Crippen molar-refractivity contribution < 1.29 is 5.11 Å². The van der Waals surface area contributed by atoms with Gasteiger partial charge in [0.25, 0.3) is 0 Å². The normalized spacial score (nSPS) is 23.8. The summed E-state index contributed by atoms with van der Waals surface area (Å²) in [7, 11) is 0. The van der Waals surface area contributed by atoms with Crippen molar-refractivity contribution in [2.24, 2.45) is 0 Å². The van der Waals surface area contributed by atoms with Gasteiger partial charge in [0.05, 0.1) is 6.10 Å². The Balaban J connectivity index is 1.95. The third-order valence-corrected chi connectivity index (χ3v) is 4.90. The summed E-state index contributed by atoms with van der Waals surface area (Å²) in [5.41, 5.74) is 4.31. The number of para-hydroxylation sites is 1. The van der Waals surface area contributed by atoms with Crippen LogP contribution in [0.25, 0.3) is 10.9 Å². The van der Waals surface area contributed by atoms with Crippen molar-refractivity contribution in [2.45, 2.75) is 44.9 Å². The zero-order chi connectivity index (χ0) is 13.7. The van der Waals surface area contributed by atoms with Crippen LogP contribution in [0.4, 0.5) is 0 Å². The lowest BCUT2D eigenvalue weighted by molar-refractivity contribution is 0.172. The van der Waals surface area contributed by atoms with Crippen LogP contribution in [0.15, 0.2) is 24.3 Å². The van der Waals surface area contributed by atoms with Crippen LogP contribution in [0.1, 0.15) is 37.1 Å². The first kappa shape index (κ1) is 12.4. The van der Waals surface area contributed by atoms with Gasteiger partial charge in [-0.1, -0.05) is 18.2 Å². The summed E-state index contributed by atoms with van der Waals surface area (Å²) in [6.07, 6.45) is 3.43. The molecule has 2 aliphatic heterocycles. The molecule has 106 valence electrons. The van der Waals surface area contributed by atoms with Crippen molar-refractivity contribution in [3.05, 3.63) is 35.5 Å². The highest BCUT2D eigenvalue weighted by atomic mass is 16.3. The fraction of sp³-hybridized carbons (Fsp3) is 0.529. The summed E-state index contributed by atoms with van der Waals surface area (Å²) >= 11 is 0. The molecule has 3 heterocycles. The Kier molecular flexibility index (Phi) is 2.86. The van der Waals surface area contributed by atoms with Gasteiger partial charge in [0, 0.05) is 42.1 Å². The second kappa shape index (κ2) is 4.61. The second-order valence-electron chi connectivity index (χ2n) is 6.28. The lowest BCUT2D eigenvalue weighted by Crippen LogP contribution is -2.31. The van der Waals surface area contributed by atoms with Gasteiger partial charge in [-0.2, -0.15) is 0 Å². The average Bonchev–Trinajstić information content (AvgIpc) is 3.02. The maximum atomic E-state index is 9.84. The smallest absolute Gasteiger partial charge is 0.0691 e. The number of aromatic nitrogens is 1. The van der Waals surface area contributed by atoms with E-state index in [1.54, 1.807) is 5.56 Å². The van der Waals surface area contributed by atoms with Crippen molar-refractivity contribution >= 4 is 10.9 Å². The summed E-state index contributed by atoms with van der Waals surface area (Å²) in [5.74, 6) is 0. The van der Waals surface area contributed by atoms with Gasteiger partial charge in [-0.3, -0.25) is 4.90 Å². The molecule has 0 aliphatic carbocycles. The summed E-state index contributed by atoms with van der Waals surface area (Å²) in [6, 6.07) is 9.32. The number of nitrogens with zero attached hydrogens (tertiary/aromatic N) is 2. The first-order valence-electron chi connectivity index (χ1n) is 7.78. The van der Waals surface area contributed by atoms with Gasteiger partial charge in [-0.05, 0) is 37.9 Å². The molecule has 0 amide bonds. The Morgan fingerprint density at radius 3 is 3.00 bits per heavy atom. The fourth-order valence-electron chi connectivity index (χ4n) is 4.17. The molecule has 1 aromatic heterocycles. The largest absolute Gasteiger partial charge is 0.392 e. The number of benzene rings is 1. The van der Waals surface area contributed by atoms with Gasteiger partial charge in [0.1, 0.15) is 0 Å². The van der Waals surface area contributed by atoms with Crippen LogP contribution in [0, 0.1) is 0 Å². The predicted octanol–water partition coefficient (Wildman–Crippen LogP) is 2.72. The quantitative estimate of drug-likeness (QED) is 0.909. The minimum atomic E-state index is -0.295. The van der Waals surface area contributed by atoms with Gasteiger partial charge < -0.3 is 9.67 Å². The number of rotatable bonds is 2. The minimum Gasteiger partial charge on any atom is -0.392 e. The van der Waals surface area contributed by atoms with E-state index < -0.39 is 0 Å². The van der Waals surface area contributed by atoms with Crippen LogP contribution in [0.3, 0.4) is 0 Å². The van der Waals surface area contributed by atoms with Crippen molar-refractivity contribution in [1.82, 2.24) is 9.47 Å². The summed E-state index contributed by atoms with van der Waals surface area (Å²) in [4.78, 5) is 2.64. The molecule has 1 fully saturated rings. The number of hydrogen-bond acceptors (Lipinski definition) is 2. The summed E-state index contributed by atoms with van der Waals surface area (Å²) < 4.78 is 2.37. The van der Waals surface area contributed by atoms with E-state index in [9.17, 15) is 5.11 Å². The molecule has 3 heteroatoms. The van der Waals surface area contributed by atoms with E-state index in [4.69, 9.17) is 0 Å². The lowest BCUT2D eigenvalue weighted by Gasteiger charge is -2.31. The Bertz CT molecular complexity index is 644. The third kappa shape index (κ3) is 1.73. The second-order valence-corrected chi connectivity index (χ2v) is 6.28. The van der Waals surface area contributed by atoms with Crippen molar-refractivity contribution in [3.63, 3.8) is 0 Å². The molecular formula is C17H22N2O. The van der Waals surface area contributed by atoms with Crippen LogP contribution in [-0.4, -0.2) is 33.8 Å². The number of aliphatic hydroxyl groups is 1. The van der Waals surface area contributed by atoms with Crippen LogP contribution >= 0.6 is 0 Å². The van der Waals surface area contributed by atoms with E-state index in [1.165, 1.54) is 42.5 Å². The zero-order valence-corrected chi connectivity index (χ0v) is 12.0. The van der Waals surface area contributed by atoms with E-state index in [-0.39, 0.29) is 6.10 Å². The Labute approximate surface area is 119 Å².